The summed E-state index contributed by atoms with van der Waals surface area (Å²) < 4.78 is 5.32. The normalized spacial score (nSPS) is 17.3. The first-order valence-corrected chi connectivity index (χ1v) is 8.81. The lowest BCUT2D eigenvalue weighted by molar-refractivity contribution is -0.130. The minimum Gasteiger partial charge on any atom is -0.448 e. The standard InChI is InChI=1S/C21H24N2O3/c1-23(2)17(12-15-8-4-3-5-9-15)14-22-20(24)19-13-16-10-6-7-11-18(16)21(25)26-19/h3-11,17,19H,12-14H2,1-2H3,(H,22,24)/t17-,19-/m1/s1. The number of carbonyl (C=O) groups excluding carboxylic acids is 2. The maximum Gasteiger partial charge on any atom is 0.339 e. The van der Waals surface area contributed by atoms with Crippen molar-refractivity contribution in [1.82, 2.24) is 10.2 Å². The van der Waals surface area contributed by atoms with Gasteiger partial charge in [0.1, 0.15) is 0 Å². The Balaban J connectivity index is 1.60. The second kappa shape index (κ2) is 8.15. The lowest BCUT2D eigenvalue weighted by Gasteiger charge is -2.27. The fraction of sp³-hybridized carbons (Fsp3) is 0.333. The molecule has 5 heteroatoms. The van der Waals surface area contributed by atoms with E-state index in [1.165, 1.54) is 5.56 Å². The number of hydrogen-bond donors (Lipinski definition) is 1. The predicted molar refractivity (Wildman–Crippen MR) is 100.0 cm³/mol. The maximum atomic E-state index is 12.5. The molecular formula is C21H24N2O3. The molecule has 1 heterocycles. The quantitative estimate of drug-likeness (QED) is 0.809. The number of likely N-dealkylation sites (N-methyl/N-ethyl adjacent to an activating group) is 1. The van der Waals surface area contributed by atoms with Gasteiger partial charge in [0.05, 0.1) is 5.56 Å². The number of nitrogens with one attached hydrogen (secondary N) is 1. The van der Waals surface area contributed by atoms with Crippen LogP contribution in [0.3, 0.4) is 0 Å². The smallest absolute Gasteiger partial charge is 0.339 e. The molecular weight excluding hydrogens is 328 g/mol. The lowest BCUT2D eigenvalue weighted by Crippen LogP contribution is -2.47. The topological polar surface area (TPSA) is 58.6 Å². The molecule has 0 saturated heterocycles. The Morgan fingerprint density at radius 1 is 1.15 bits per heavy atom. The number of amides is 1. The largest absolute Gasteiger partial charge is 0.448 e. The number of hydrogen-bond acceptors (Lipinski definition) is 4. The SMILES string of the molecule is CN(C)[C@@H](CNC(=O)[C@H]1Cc2ccccc2C(=O)O1)Cc1ccccc1. The van der Waals surface area contributed by atoms with Crippen molar-refractivity contribution in [2.75, 3.05) is 20.6 Å². The first-order chi connectivity index (χ1) is 12.5. The van der Waals surface area contributed by atoms with Crippen LogP contribution in [0.1, 0.15) is 21.5 Å². The lowest BCUT2D eigenvalue weighted by atomic mass is 9.98. The zero-order chi connectivity index (χ0) is 18.5. The van der Waals surface area contributed by atoms with Gasteiger partial charge in [0.15, 0.2) is 6.10 Å². The van der Waals surface area contributed by atoms with E-state index in [0.29, 0.717) is 18.5 Å². The van der Waals surface area contributed by atoms with E-state index in [1.807, 2.05) is 44.4 Å². The van der Waals surface area contributed by atoms with E-state index in [0.717, 1.165) is 12.0 Å². The van der Waals surface area contributed by atoms with Gasteiger partial charge >= 0.3 is 5.97 Å². The highest BCUT2D eigenvalue weighted by Crippen LogP contribution is 2.20. The molecule has 2 atom stereocenters. The Morgan fingerprint density at radius 2 is 1.85 bits per heavy atom. The number of carbonyl (C=O) groups is 2. The molecule has 0 saturated carbocycles. The summed E-state index contributed by atoms with van der Waals surface area (Å²) >= 11 is 0. The third-order valence-corrected chi connectivity index (χ3v) is 4.74. The summed E-state index contributed by atoms with van der Waals surface area (Å²) in [5.41, 5.74) is 2.63. The predicted octanol–water partition coefficient (Wildman–Crippen LogP) is 2.06. The molecule has 1 aliphatic heterocycles. The highest BCUT2D eigenvalue weighted by atomic mass is 16.5. The average molecular weight is 352 g/mol. The summed E-state index contributed by atoms with van der Waals surface area (Å²) in [4.78, 5) is 26.7. The number of ether oxygens (including phenoxy) is 1. The first-order valence-electron chi connectivity index (χ1n) is 8.81. The summed E-state index contributed by atoms with van der Waals surface area (Å²) in [6.07, 6.45) is 0.484. The van der Waals surface area contributed by atoms with Crippen LogP contribution >= 0.6 is 0 Å². The van der Waals surface area contributed by atoms with Gasteiger partial charge < -0.3 is 15.0 Å². The van der Waals surface area contributed by atoms with Gasteiger partial charge in [-0.25, -0.2) is 4.79 Å². The summed E-state index contributed by atoms with van der Waals surface area (Å²) in [5.74, 6) is -0.673. The van der Waals surface area contributed by atoms with E-state index < -0.39 is 12.1 Å². The van der Waals surface area contributed by atoms with E-state index in [2.05, 4.69) is 22.3 Å². The summed E-state index contributed by atoms with van der Waals surface area (Å²) in [5, 5.41) is 2.95. The second-order valence-corrected chi connectivity index (χ2v) is 6.81. The fourth-order valence-corrected chi connectivity index (χ4v) is 3.13. The van der Waals surface area contributed by atoms with Gasteiger partial charge in [-0.1, -0.05) is 48.5 Å². The van der Waals surface area contributed by atoms with E-state index >= 15 is 0 Å². The molecule has 0 radical (unpaired) electrons. The Hall–Kier alpha value is -2.66. The van der Waals surface area contributed by atoms with Crippen LogP contribution in [-0.4, -0.2) is 49.6 Å². The van der Waals surface area contributed by atoms with Crippen molar-refractivity contribution in [2.24, 2.45) is 0 Å². The van der Waals surface area contributed by atoms with Gasteiger partial charge in [-0.05, 0) is 37.7 Å². The molecule has 0 aliphatic carbocycles. The molecule has 5 nitrogen and oxygen atoms in total. The van der Waals surface area contributed by atoms with Crippen LogP contribution in [-0.2, 0) is 22.4 Å². The van der Waals surface area contributed by atoms with Crippen molar-refractivity contribution in [3.8, 4) is 0 Å². The first kappa shape index (κ1) is 18.1. The van der Waals surface area contributed by atoms with Gasteiger partial charge in [0.2, 0.25) is 0 Å². The van der Waals surface area contributed by atoms with E-state index in [1.54, 1.807) is 12.1 Å². The number of esters is 1. The molecule has 1 amide bonds. The molecule has 0 spiro atoms. The van der Waals surface area contributed by atoms with Crippen molar-refractivity contribution in [2.45, 2.75) is 25.0 Å². The van der Waals surface area contributed by atoms with Crippen LogP contribution in [0.2, 0.25) is 0 Å². The number of fused-ring (bicyclic) bond motifs is 1. The third-order valence-electron chi connectivity index (χ3n) is 4.74. The Bertz CT molecular complexity index is 774. The van der Waals surface area contributed by atoms with Gasteiger partial charge in [0.25, 0.3) is 5.91 Å². The van der Waals surface area contributed by atoms with Crippen molar-refractivity contribution < 1.29 is 14.3 Å². The molecule has 0 aromatic heterocycles. The number of rotatable bonds is 6. The van der Waals surface area contributed by atoms with E-state index in [9.17, 15) is 9.59 Å². The van der Waals surface area contributed by atoms with E-state index in [4.69, 9.17) is 4.74 Å². The summed E-state index contributed by atoms with van der Waals surface area (Å²) in [6.45, 7) is 0.496. The molecule has 0 bridgehead atoms. The van der Waals surface area contributed by atoms with Crippen LogP contribution in [0, 0.1) is 0 Å². The molecule has 26 heavy (non-hydrogen) atoms. The molecule has 2 aromatic rings. The van der Waals surface area contributed by atoms with Crippen molar-refractivity contribution in [3.05, 3.63) is 71.3 Å². The zero-order valence-corrected chi connectivity index (χ0v) is 15.1. The molecule has 3 rings (SSSR count). The fourth-order valence-electron chi connectivity index (χ4n) is 3.13. The molecule has 0 fully saturated rings. The molecule has 2 aromatic carbocycles. The number of cyclic esters (lactones) is 1. The Kier molecular flexibility index (Phi) is 5.68. The summed E-state index contributed by atoms with van der Waals surface area (Å²) in [6, 6.07) is 17.6. The van der Waals surface area contributed by atoms with Crippen LogP contribution in [0.15, 0.2) is 54.6 Å². The third kappa shape index (κ3) is 4.29. The zero-order valence-electron chi connectivity index (χ0n) is 15.1. The van der Waals surface area contributed by atoms with Gasteiger partial charge in [-0.2, -0.15) is 0 Å². The minimum absolute atomic E-state index is 0.160. The monoisotopic (exact) mass is 352 g/mol. The second-order valence-electron chi connectivity index (χ2n) is 6.81. The molecule has 1 N–H and O–H groups in total. The number of benzene rings is 2. The van der Waals surface area contributed by atoms with Gasteiger partial charge in [-0.3, -0.25) is 4.79 Å². The minimum atomic E-state index is -0.767. The van der Waals surface area contributed by atoms with E-state index in [-0.39, 0.29) is 11.9 Å². The van der Waals surface area contributed by atoms with Crippen LogP contribution in [0.4, 0.5) is 0 Å². The number of nitrogens with zero attached hydrogens (tertiary/aromatic N) is 1. The van der Waals surface area contributed by atoms with Crippen molar-refractivity contribution >= 4 is 11.9 Å². The van der Waals surface area contributed by atoms with Crippen LogP contribution in [0.25, 0.3) is 0 Å². The van der Waals surface area contributed by atoms with Crippen LogP contribution in [0.5, 0.6) is 0 Å². The van der Waals surface area contributed by atoms with Crippen molar-refractivity contribution in [3.63, 3.8) is 0 Å². The van der Waals surface area contributed by atoms with Crippen molar-refractivity contribution in [1.29, 1.82) is 0 Å². The van der Waals surface area contributed by atoms with Gasteiger partial charge in [-0.15, -0.1) is 0 Å². The molecule has 0 unspecified atom stereocenters. The Labute approximate surface area is 154 Å². The highest BCUT2D eigenvalue weighted by Gasteiger charge is 2.31. The summed E-state index contributed by atoms with van der Waals surface area (Å²) in [7, 11) is 3.99. The van der Waals surface area contributed by atoms with Crippen LogP contribution < -0.4 is 5.32 Å². The maximum absolute atomic E-state index is 12.5. The molecule has 136 valence electrons. The molecule has 1 aliphatic rings. The highest BCUT2D eigenvalue weighted by molar-refractivity contribution is 5.95. The average Bonchev–Trinajstić information content (AvgIpc) is 2.65. The van der Waals surface area contributed by atoms with Gasteiger partial charge in [0, 0.05) is 19.0 Å². The Morgan fingerprint density at radius 3 is 2.58 bits per heavy atom.